The molecular weight excluding hydrogens is 358 g/mol. The van der Waals surface area contributed by atoms with E-state index in [1.54, 1.807) is 14.0 Å². The number of carbonyl (C=O) groups is 1. The van der Waals surface area contributed by atoms with Crippen molar-refractivity contribution in [3.63, 3.8) is 0 Å². The number of ether oxygens (including phenoxy) is 1. The summed E-state index contributed by atoms with van der Waals surface area (Å²) >= 11 is 3.40. The zero-order valence-corrected chi connectivity index (χ0v) is 15.4. The molecule has 1 unspecified atom stereocenters. The van der Waals surface area contributed by atoms with Crippen molar-refractivity contribution in [2.24, 2.45) is 11.1 Å². The molecule has 1 saturated heterocycles. The minimum atomic E-state index is -1.05. The Hall–Kier alpha value is -0.950. The molecule has 6 heteroatoms. The van der Waals surface area contributed by atoms with Gasteiger partial charge in [0.2, 0.25) is 5.91 Å². The fourth-order valence-electron chi connectivity index (χ4n) is 3.01. The Bertz CT molecular complexity index is 520. The van der Waals surface area contributed by atoms with Crippen molar-refractivity contribution >= 4 is 21.8 Å². The van der Waals surface area contributed by atoms with E-state index in [1.165, 1.54) is 0 Å². The minimum Gasteiger partial charge on any atom is -0.384 e. The van der Waals surface area contributed by atoms with Gasteiger partial charge in [-0.2, -0.15) is 0 Å². The van der Waals surface area contributed by atoms with Crippen molar-refractivity contribution in [3.8, 4) is 0 Å². The van der Waals surface area contributed by atoms with Gasteiger partial charge in [-0.25, -0.2) is 0 Å². The molecular formula is C17H26BrN3O2. The number of methoxy groups -OCH3 is 1. The lowest BCUT2D eigenvalue weighted by Crippen LogP contribution is -2.53. The normalized spacial score (nSPS) is 19.8. The summed E-state index contributed by atoms with van der Waals surface area (Å²) in [6, 6.07) is 7.54. The lowest BCUT2D eigenvalue weighted by Gasteiger charge is -2.38. The number of hydrogen-bond donors (Lipinski definition) is 3. The van der Waals surface area contributed by atoms with E-state index in [1.807, 2.05) is 24.3 Å². The monoisotopic (exact) mass is 383 g/mol. The zero-order valence-electron chi connectivity index (χ0n) is 13.8. The molecule has 1 aliphatic rings. The van der Waals surface area contributed by atoms with Crippen molar-refractivity contribution in [3.05, 3.63) is 34.3 Å². The molecule has 0 spiro atoms. The van der Waals surface area contributed by atoms with Crippen molar-refractivity contribution in [2.45, 2.75) is 25.3 Å². The van der Waals surface area contributed by atoms with Crippen molar-refractivity contribution in [2.75, 3.05) is 33.4 Å². The largest absolute Gasteiger partial charge is 0.384 e. The summed E-state index contributed by atoms with van der Waals surface area (Å²) in [5, 5.41) is 6.40. The van der Waals surface area contributed by atoms with Gasteiger partial charge >= 0.3 is 0 Å². The first kappa shape index (κ1) is 18.4. The van der Waals surface area contributed by atoms with E-state index >= 15 is 0 Å². The number of carbonyl (C=O) groups excluding carboxylic acids is 1. The molecule has 128 valence electrons. The van der Waals surface area contributed by atoms with E-state index in [2.05, 4.69) is 26.6 Å². The smallest absolute Gasteiger partial charge is 0.244 e. The molecule has 0 bridgehead atoms. The first-order valence-corrected chi connectivity index (χ1v) is 8.72. The summed E-state index contributed by atoms with van der Waals surface area (Å²) in [5.74, 6) is -0.158. The predicted molar refractivity (Wildman–Crippen MR) is 95.1 cm³/mol. The van der Waals surface area contributed by atoms with Gasteiger partial charge in [0.15, 0.2) is 0 Å². The van der Waals surface area contributed by atoms with Gasteiger partial charge < -0.3 is 21.1 Å². The second-order valence-corrected chi connectivity index (χ2v) is 7.49. The maximum atomic E-state index is 12.6. The summed E-state index contributed by atoms with van der Waals surface area (Å²) in [7, 11) is 1.71. The quantitative estimate of drug-likeness (QED) is 0.699. The Labute approximate surface area is 146 Å². The number of benzene rings is 1. The topological polar surface area (TPSA) is 76.4 Å². The molecule has 1 aliphatic heterocycles. The first-order chi connectivity index (χ1) is 10.9. The molecule has 1 fully saturated rings. The third-order valence-corrected chi connectivity index (χ3v) is 5.18. The Morgan fingerprint density at radius 3 is 2.57 bits per heavy atom. The van der Waals surface area contributed by atoms with E-state index in [-0.39, 0.29) is 11.3 Å². The molecule has 23 heavy (non-hydrogen) atoms. The molecule has 0 aromatic heterocycles. The lowest BCUT2D eigenvalue weighted by molar-refractivity contribution is -0.127. The summed E-state index contributed by atoms with van der Waals surface area (Å²) in [6.45, 7) is 4.88. The maximum Gasteiger partial charge on any atom is 0.244 e. The van der Waals surface area contributed by atoms with Crippen molar-refractivity contribution in [1.82, 2.24) is 10.6 Å². The summed E-state index contributed by atoms with van der Waals surface area (Å²) in [6.07, 6.45) is 1.97. The third-order valence-electron chi connectivity index (χ3n) is 4.65. The van der Waals surface area contributed by atoms with Crippen LogP contribution in [-0.4, -0.2) is 39.3 Å². The van der Waals surface area contributed by atoms with Gasteiger partial charge in [0.25, 0.3) is 0 Å². The first-order valence-electron chi connectivity index (χ1n) is 7.92. The van der Waals surface area contributed by atoms with Crippen LogP contribution in [0.25, 0.3) is 0 Å². The molecule has 1 aromatic carbocycles. The molecule has 1 heterocycles. The van der Waals surface area contributed by atoms with Gasteiger partial charge in [-0.1, -0.05) is 28.1 Å². The molecule has 1 aromatic rings. The molecule has 1 amide bonds. The Morgan fingerprint density at radius 1 is 1.39 bits per heavy atom. The molecule has 4 N–H and O–H groups in total. The number of nitrogens with two attached hydrogens (primary N) is 1. The van der Waals surface area contributed by atoms with Gasteiger partial charge in [-0.3, -0.25) is 4.79 Å². The van der Waals surface area contributed by atoms with Gasteiger partial charge in [-0.15, -0.1) is 0 Å². The summed E-state index contributed by atoms with van der Waals surface area (Å²) in [4.78, 5) is 12.6. The molecule has 5 nitrogen and oxygen atoms in total. The zero-order chi connectivity index (χ0) is 16.9. The maximum absolute atomic E-state index is 12.6. The van der Waals surface area contributed by atoms with Crippen LogP contribution in [0.1, 0.15) is 25.3 Å². The molecule has 0 saturated carbocycles. The Balaban J connectivity index is 2.03. The number of nitrogens with one attached hydrogen (secondary N) is 2. The Morgan fingerprint density at radius 2 is 2.00 bits per heavy atom. The fraction of sp³-hybridized carbons (Fsp3) is 0.588. The summed E-state index contributed by atoms with van der Waals surface area (Å²) in [5.41, 5.74) is 6.03. The average molecular weight is 384 g/mol. The van der Waals surface area contributed by atoms with E-state index in [0.717, 1.165) is 36.0 Å². The Kier molecular flexibility index (Phi) is 6.19. The van der Waals surface area contributed by atoms with Gasteiger partial charge in [0.1, 0.15) is 5.54 Å². The summed E-state index contributed by atoms with van der Waals surface area (Å²) < 4.78 is 6.35. The van der Waals surface area contributed by atoms with E-state index in [9.17, 15) is 4.79 Å². The fourth-order valence-corrected chi connectivity index (χ4v) is 3.28. The van der Waals surface area contributed by atoms with Crippen LogP contribution < -0.4 is 16.4 Å². The standard InChI is InChI=1S/C17H26BrN3O2/c1-16(19,13-3-5-14(18)6-4-13)15(22)21-11-17(12-23-2)7-9-20-10-8-17/h3-6,20H,7-12,19H2,1-2H3,(H,21,22). The highest BCUT2D eigenvalue weighted by Gasteiger charge is 2.36. The van der Waals surface area contributed by atoms with Crippen LogP contribution in [0, 0.1) is 5.41 Å². The predicted octanol–water partition coefficient (Wildman–Crippen LogP) is 1.76. The second kappa shape index (κ2) is 7.75. The third kappa shape index (κ3) is 4.53. The SMILES string of the molecule is COCC1(CNC(=O)C(C)(N)c2ccc(Br)cc2)CCNCC1. The number of rotatable bonds is 6. The van der Waals surface area contributed by atoms with Crippen LogP contribution >= 0.6 is 15.9 Å². The highest BCUT2D eigenvalue weighted by molar-refractivity contribution is 9.10. The highest BCUT2D eigenvalue weighted by atomic mass is 79.9. The van der Waals surface area contributed by atoms with Crippen LogP contribution in [0.3, 0.4) is 0 Å². The van der Waals surface area contributed by atoms with Crippen LogP contribution in [0.4, 0.5) is 0 Å². The van der Waals surface area contributed by atoms with Gasteiger partial charge in [0, 0.05) is 23.5 Å². The highest BCUT2D eigenvalue weighted by Crippen LogP contribution is 2.29. The number of halogens is 1. The minimum absolute atomic E-state index is 0.00848. The molecule has 2 rings (SSSR count). The van der Waals surface area contributed by atoms with Crippen molar-refractivity contribution in [1.29, 1.82) is 0 Å². The molecule has 0 aliphatic carbocycles. The second-order valence-electron chi connectivity index (χ2n) is 6.57. The van der Waals surface area contributed by atoms with Crippen LogP contribution in [0.5, 0.6) is 0 Å². The molecule has 0 radical (unpaired) electrons. The number of hydrogen-bond acceptors (Lipinski definition) is 4. The van der Waals surface area contributed by atoms with Crippen LogP contribution in [0.15, 0.2) is 28.7 Å². The average Bonchev–Trinajstić information content (AvgIpc) is 2.54. The van der Waals surface area contributed by atoms with Crippen LogP contribution in [-0.2, 0) is 15.1 Å². The van der Waals surface area contributed by atoms with E-state index in [4.69, 9.17) is 10.5 Å². The van der Waals surface area contributed by atoms with E-state index < -0.39 is 5.54 Å². The van der Waals surface area contributed by atoms with Crippen LogP contribution in [0.2, 0.25) is 0 Å². The van der Waals surface area contributed by atoms with E-state index in [0.29, 0.717) is 13.2 Å². The van der Waals surface area contributed by atoms with Crippen molar-refractivity contribution < 1.29 is 9.53 Å². The number of piperidine rings is 1. The molecule has 1 atom stereocenters. The van der Waals surface area contributed by atoms with Gasteiger partial charge in [0.05, 0.1) is 6.61 Å². The lowest BCUT2D eigenvalue weighted by atomic mass is 9.79. The number of amides is 1. The van der Waals surface area contributed by atoms with Gasteiger partial charge in [-0.05, 0) is 50.6 Å².